The van der Waals surface area contributed by atoms with E-state index in [4.69, 9.17) is 14.9 Å². The van der Waals surface area contributed by atoms with Crippen molar-refractivity contribution in [3.8, 4) is 22.7 Å². The highest BCUT2D eigenvalue weighted by atomic mass is 16.5. The topological polar surface area (TPSA) is 59.7 Å². The van der Waals surface area contributed by atoms with Gasteiger partial charge in [-0.15, -0.1) is 0 Å². The maximum atomic E-state index is 13.0. The molecule has 1 aliphatic heterocycles. The van der Waals surface area contributed by atoms with E-state index < -0.39 is 0 Å². The maximum Gasteiger partial charge on any atom is 0.242 e. The summed E-state index contributed by atoms with van der Waals surface area (Å²) < 4.78 is 7.18. The molecule has 1 aromatic heterocycles. The molecular weight excluding hydrogens is 424 g/mol. The first-order valence-corrected chi connectivity index (χ1v) is 11.4. The van der Waals surface area contributed by atoms with Gasteiger partial charge in [0.05, 0.1) is 30.2 Å². The molecule has 1 unspecified atom stereocenters. The molecule has 0 N–H and O–H groups in total. The number of hydrogen-bond donors (Lipinski definition) is 0. The lowest BCUT2D eigenvalue weighted by atomic mass is 9.96. The van der Waals surface area contributed by atoms with Gasteiger partial charge in [-0.25, -0.2) is 9.69 Å². The summed E-state index contributed by atoms with van der Waals surface area (Å²) in [5.41, 5.74) is 5.66. The largest absolute Gasteiger partial charge is 0.497 e. The molecule has 6 heteroatoms. The van der Waals surface area contributed by atoms with Crippen LogP contribution in [-0.2, 0) is 4.79 Å². The molecule has 34 heavy (non-hydrogen) atoms. The van der Waals surface area contributed by atoms with E-state index in [0.717, 1.165) is 39.5 Å². The molecule has 170 valence electrons. The third kappa shape index (κ3) is 4.10. The highest BCUT2D eigenvalue weighted by molar-refractivity contribution is 6.03. The molecular formula is C28H26N4O2. The smallest absolute Gasteiger partial charge is 0.242 e. The molecule has 0 radical (unpaired) electrons. The van der Waals surface area contributed by atoms with Crippen LogP contribution in [0.5, 0.6) is 5.75 Å². The van der Waals surface area contributed by atoms with Crippen molar-refractivity contribution in [2.45, 2.75) is 25.8 Å². The summed E-state index contributed by atoms with van der Waals surface area (Å²) in [6, 6.07) is 27.7. The zero-order valence-electron chi connectivity index (χ0n) is 19.3. The van der Waals surface area contributed by atoms with Gasteiger partial charge < -0.3 is 4.74 Å². The summed E-state index contributed by atoms with van der Waals surface area (Å²) in [5, 5.41) is 11.4. The SMILES string of the molecule is CCC(=O)N1N=C(c2ccc(OC)cc2)CC1c1cn(-c2ccccc2)nc1-c1ccccc1. The molecule has 0 fully saturated rings. The summed E-state index contributed by atoms with van der Waals surface area (Å²) in [6.07, 6.45) is 3.02. The van der Waals surface area contributed by atoms with Crippen LogP contribution in [0.4, 0.5) is 0 Å². The quantitative estimate of drug-likeness (QED) is 0.382. The number of carbonyl (C=O) groups is 1. The number of aromatic nitrogens is 2. The summed E-state index contributed by atoms with van der Waals surface area (Å²) in [5.74, 6) is 0.774. The van der Waals surface area contributed by atoms with E-state index in [2.05, 4.69) is 0 Å². The van der Waals surface area contributed by atoms with Crippen LogP contribution in [0.1, 0.15) is 36.9 Å². The van der Waals surface area contributed by atoms with E-state index in [0.29, 0.717) is 12.8 Å². The van der Waals surface area contributed by atoms with E-state index in [1.54, 1.807) is 12.1 Å². The van der Waals surface area contributed by atoms with Crippen molar-refractivity contribution in [1.82, 2.24) is 14.8 Å². The molecule has 1 amide bonds. The second-order valence-corrected chi connectivity index (χ2v) is 8.17. The fourth-order valence-corrected chi connectivity index (χ4v) is 4.27. The fourth-order valence-electron chi connectivity index (χ4n) is 4.27. The number of hydrogen-bond acceptors (Lipinski definition) is 4. The molecule has 1 atom stereocenters. The zero-order valence-corrected chi connectivity index (χ0v) is 19.3. The minimum atomic E-state index is -0.239. The van der Waals surface area contributed by atoms with Crippen LogP contribution in [-0.4, -0.2) is 33.5 Å². The predicted octanol–water partition coefficient (Wildman–Crippen LogP) is 5.64. The van der Waals surface area contributed by atoms with Crippen LogP contribution >= 0.6 is 0 Å². The van der Waals surface area contributed by atoms with E-state index in [9.17, 15) is 4.79 Å². The van der Waals surface area contributed by atoms with Crippen LogP contribution in [0.15, 0.2) is 96.2 Å². The average Bonchev–Trinajstić information content (AvgIpc) is 3.54. The Morgan fingerprint density at radius 1 is 0.941 bits per heavy atom. The molecule has 6 nitrogen and oxygen atoms in total. The van der Waals surface area contributed by atoms with Crippen LogP contribution in [0, 0.1) is 0 Å². The van der Waals surface area contributed by atoms with Gasteiger partial charge in [-0.05, 0) is 42.0 Å². The number of rotatable bonds is 6. The normalized spacial score (nSPS) is 15.3. The molecule has 0 bridgehead atoms. The summed E-state index contributed by atoms with van der Waals surface area (Å²) in [6.45, 7) is 1.87. The molecule has 3 aromatic carbocycles. The number of methoxy groups -OCH3 is 1. The Balaban J connectivity index is 1.59. The Hall–Kier alpha value is -4.19. The molecule has 2 heterocycles. The Kier molecular flexibility index (Phi) is 5.95. The highest BCUT2D eigenvalue weighted by Gasteiger charge is 2.35. The van der Waals surface area contributed by atoms with Crippen LogP contribution < -0.4 is 4.74 Å². The lowest BCUT2D eigenvalue weighted by Gasteiger charge is -2.21. The third-order valence-electron chi connectivity index (χ3n) is 6.06. The van der Waals surface area contributed by atoms with Crippen molar-refractivity contribution in [2.75, 3.05) is 7.11 Å². The highest BCUT2D eigenvalue weighted by Crippen LogP contribution is 2.38. The maximum absolute atomic E-state index is 13.0. The monoisotopic (exact) mass is 450 g/mol. The lowest BCUT2D eigenvalue weighted by Crippen LogP contribution is -2.26. The minimum absolute atomic E-state index is 0.0139. The van der Waals surface area contributed by atoms with E-state index in [-0.39, 0.29) is 11.9 Å². The second kappa shape index (κ2) is 9.35. The summed E-state index contributed by atoms with van der Waals surface area (Å²) in [7, 11) is 1.65. The Morgan fingerprint density at radius 2 is 1.62 bits per heavy atom. The van der Waals surface area contributed by atoms with E-state index in [1.807, 2.05) is 103 Å². The van der Waals surface area contributed by atoms with Gasteiger partial charge in [0.1, 0.15) is 5.75 Å². The van der Waals surface area contributed by atoms with E-state index >= 15 is 0 Å². The fraction of sp³-hybridized carbons (Fsp3) is 0.179. The molecule has 0 aliphatic carbocycles. The van der Waals surface area contributed by atoms with Crippen LogP contribution in [0.2, 0.25) is 0 Å². The number of hydrazone groups is 1. The van der Waals surface area contributed by atoms with Gasteiger partial charge in [0, 0.05) is 30.2 Å². The lowest BCUT2D eigenvalue weighted by molar-refractivity contribution is -0.132. The first kappa shape index (κ1) is 21.6. The third-order valence-corrected chi connectivity index (χ3v) is 6.06. The molecule has 5 rings (SSSR count). The van der Waals surface area contributed by atoms with Gasteiger partial charge in [-0.3, -0.25) is 4.79 Å². The minimum Gasteiger partial charge on any atom is -0.497 e. The summed E-state index contributed by atoms with van der Waals surface area (Å²) in [4.78, 5) is 13.0. The van der Waals surface area contributed by atoms with Gasteiger partial charge in [0.2, 0.25) is 5.91 Å². The first-order chi connectivity index (χ1) is 16.7. The van der Waals surface area contributed by atoms with Crippen molar-refractivity contribution in [3.63, 3.8) is 0 Å². The van der Waals surface area contributed by atoms with Crippen molar-refractivity contribution >= 4 is 11.6 Å². The van der Waals surface area contributed by atoms with Gasteiger partial charge in [-0.1, -0.05) is 55.5 Å². The Morgan fingerprint density at radius 3 is 2.26 bits per heavy atom. The number of ether oxygens (including phenoxy) is 1. The van der Waals surface area contributed by atoms with Gasteiger partial charge >= 0.3 is 0 Å². The predicted molar refractivity (Wildman–Crippen MR) is 133 cm³/mol. The van der Waals surface area contributed by atoms with Crippen molar-refractivity contribution in [1.29, 1.82) is 0 Å². The second-order valence-electron chi connectivity index (χ2n) is 8.17. The molecule has 0 saturated carbocycles. The van der Waals surface area contributed by atoms with Crippen molar-refractivity contribution in [3.05, 3.63) is 102 Å². The zero-order chi connectivity index (χ0) is 23.5. The van der Waals surface area contributed by atoms with Gasteiger partial charge in [-0.2, -0.15) is 10.2 Å². The Bertz CT molecular complexity index is 1310. The number of para-hydroxylation sites is 1. The summed E-state index contributed by atoms with van der Waals surface area (Å²) >= 11 is 0. The number of nitrogens with zero attached hydrogens (tertiary/aromatic N) is 4. The molecule has 0 spiro atoms. The van der Waals surface area contributed by atoms with Crippen LogP contribution in [0.25, 0.3) is 16.9 Å². The van der Waals surface area contributed by atoms with Crippen molar-refractivity contribution in [2.24, 2.45) is 5.10 Å². The average molecular weight is 451 g/mol. The van der Waals surface area contributed by atoms with E-state index in [1.165, 1.54) is 0 Å². The van der Waals surface area contributed by atoms with Crippen molar-refractivity contribution < 1.29 is 9.53 Å². The van der Waals surface area contributed by atoms with Crippen LogP contribution in [0.3, 0.4) is 0 Å². The number of amides is 1. The first-order valence-electron chi connectivity index (χ1n) is 11.4. The molecule has 4 aromatic rings. The van der Waals surface area contributed by atoms with Gasteiger partial charge in [0.25, 0.3) is 0 Å². The number of carbonyl (C=O) groups excluding carboxylic acids is 1. The molecule has 1 aliphatic rings. The molecule has 0 saturated heterocycles. The Labute approximate surface area is 199 Å². The number of benzene rings is 3. The standard InChI is InChI=1S/C28H26N4O2/c1-3-27(33)32-26(18-25(29-32)20-14-16-23(34-2)17-15-20)24-19-31(22-12-8-5-9-13-22)30-28(24)21-10-6-4-7-11-21/h4-17,19,26H,3,18H2,1-2H3. The van der Waals surface area contributed by atoms with Gasteiger partial charge in [0.15, 0.2) is 0 Å².